The van der Waals surface area contributed by atoms with Gasteiger partial charge in [0.2, 0.25) is 0 Å². The summed E-state index contributed by atoms with van der Waals surface area (Å²) in [6.45, 7) is 0.676. The molecule has 0 bridgehead atoms. The fourth-order valence-electron chi connectivity index (χ4n) is 4.19. The van der Waals surface area contributed by atoms with E-state index in [-0.39, 0.29) is 18.3 Å². The summed E-state index contributed by atoms with van der Waals surface area (Å²) in [7, 11) is 0. The van der Waals surface area contributed by atoms with E-state index in [0.717, 1.165) is 40.1 Å². The van der Waals surface area contributed by atoms with Crippen LogP contribution in [0.2, 0.25) is 0 Å². The number of nitrogens with one attached hydrogen (secondary N) is 1. The van der Waals surface area contributed by atoms with Crippen molar-refractivity contribution in [2.45, 2.75) is 57.1 Å². The number of ether oxygens (including phenoxy) is 1. The number of carbonyl (C=O) groups excluding carboxylic acids is 1. The van der Waals surface area contributed by atoms with Crippen LogP contribution in [0.25, 0.3) is 21.6 Å². The van der Waals surface area contributed by atoms with E-state index in [4.69, 9.17) is 14.7 Å². The molecule has 0 amide bonds. The number of aromatic nitrogens is 3. The van der Waals surface area contributed by atoms with Gasteiger partial charge in [0.1, 0.15) is 11.9 Å². The van der Waals surface area contributed by atoms with Crippen LogP contribution in [0.15, 0.2) is 29.8 Å². The Labute approximate surface area is 173 Å². The van der Waals surface area contributed by atoms with Gasteiger partial charge in [-0.25, -0.2) is 9.97 Å². The average Bonchev–Trinajstić information content (AvgIpc) is 3.50. The smallest absolute Gasteiger partial charge is 0.167 e. The van der Waals surface area contributed by atoms with Crippen molar-refractivity contribution >= 4 is 33.2 Å². The van der Waals surface area contributed by atoms with Gasteiger partial charge in [0.15, 0.2) is 11.6 Å². The monoisotopic (exact) mass is 408 g/mol. The number of rotatable bonds is 6. The van der Waals surface area contributed by atoms with E-state index in [2.05, 4.69) is 15.7 Å². The van der Waals surface area contributed by atoms with Crippen molar-refractivity contribution in [1.29, 1.82) is 0 Å². The van der Waals surface area contributed by atoms with Crippen LogP contribution in [0.1, 0.15) is 44.2 Å². The highest BCUT2D eigenvalue weighted by Gasteiger charge is 2.24. The molecular weight excluding hydrogens is 384 g/mol. The molecule has 1 aliphatic carbocycles. The highest BCUT2D eigenvalue weighted by atomic mass is 32.1. The van der Waals surface area contributed by atoms with Crippen LogP contribution in [-0.4, -0.2) is 39.5 Å². The molecule has 2 aliphatic rings. The molecule has 1 aliphatic heterocycles. The molecule has 1 saturated heterocycles. The van der Waals surface area contributed by atoms with Gasteiger partial charge in [0, 0.05) is 30.1 Å². The molecule has 2 fully saturated rings. The van der Waals surface area contributed by atoms with Gasteiger partial charge in [-0.15, -0.1) is 11.3 Å². The number of Topliss-reactive ketones (excluding diaryl/α,β-unsaturated/α-hetero) is 1. The van der Waals surface area contributed by atoms with Crippen molar-refractivity contribution in [3.05, 3.63) is 35.5 Å². The van der Waals surface area contributed by atoms with Crippen LogP contribution in [0.5, 0.6) is 0 Å². The summed E-state index contributed by atoms with van der Waals surface area (Å²) >= 11 is 1.67. The zero-order chi connectivity index (χ0) is 19.6. The molecule has 1 atom stereocenters. The van der Waals surface area contributed by atoms with Crippen LogP contribution >= 0.6 is 11.3 Å². The molecule has 1 saturated carbocycles. The second kappa shape index (κ2) is 8.16. The van der Waals surface area contributed by atoms with Gasteiger partial charge < -0.3 is 10.1 Å². The molecule has 0 unspecified atom stereocenters. The summed E-state index contributed by atoms with van der Waals surface area (Å²) < 4.78 is 6.61. The maximum Gasteiger partial charge on any atom is 0.167 e. The molecule has 1 N–H and O–H groups in total. The van der Waals surface area contributed by atoms with E-state index in [0.29, 0.717) is 18.5 Å². The average molecular weight is 409 g/mol. The van der Waals surface area contributed by atoms with Gasteiger partial charge in [0.05, 0.1) is 16.6 Å². The molecule has 0 spiro atoms. The van der Waals surface area contributed by atoms with Crippen molar-refractivity contribution in [3.8, 4) is 11.4 Å². The maximum atomic E-state index is 12.4. The van der Waals surface area contributed by atoms with Crippen molar-refractivity contribution in [3.63, 3.8) is 0 Å². The van der Waals surface area contributed by atoms with Crippen LogP contribution in [0.3, 0.4) is 0 Å². The van der Waals surface area contributed by atoms with E-state index in [1.165, 1.54) is 25.7 Å². The summed E-state index contributed by atoms with van der Waals surface area (Å²) in [6, 6.07) is 6.36. The Kier molecular flexibility index (Phi) is 5.24. The van der Waals surface area contributed by atoms with Crippen LogP contribution in [0, 0.1) is 0 Å². The Hall–Kier alpha value is -2.38. The third-order valence-electron chi connectivity index (χ3n) is 5.72. The summed E-state index contributed by atoms with van der Waals surface area (Å²) in [6.07, 6.45) is 8.44. The lowest BCUT2D eigenvalue weighted by Gasteiger charge is -2.14. The Morgan fingerprint density at radius 3 is 2.90 bits per heavy atom. The standard InChI is InChI=1S/C22H24N4O2S/c27-18(19-6-3-10-28-19)13-16-12-14(7-9-23-16)21-25-17-8-11-29-20(17)22(26-21)24-15-4-1-2-5-15/h7-9,11-12,15,19H,1-6,10,13H2,(H,24,25,26)/t19-/m0/s1. The zero-order valence-electron chi connectivity index (χ0n) is 16.3. The Balaban J connectivity index is 1.43. The minimum absolute atomic E-state index is 0.102. The maximum absolute atomic E-state index is 12.4. The lowest BCUT2D eigenvalue weighted by atomic mass is 10.1. The normalized spacial score (nSPS) is 19.8. The zero-order valence-corrected chi connectivity index (χ0v) is 17.1. The molecule has 6 nitrogen and oxygen atoms in total. The number of pyridine rings is 1. The number of fused-ring (bicyclic) bond motifs is 1. The Bertz CT molecular complexity index is 1020. The van der Waals surface area contributed by atoms with Crippen molar-refractivity contribution in [2.24, 2.45) is 0 Å². The predicted octanol–water partition coefficient (Wildman–Crippen LogP) is 4.40. The number of hydrogen-bond donors (Lipinski definition) is 1. The largest absolute Gasteiger partial charge is 0.370 e. The minimum Gasteiger partial charge on any atom is -0.370 e. The Morgan fingerprint density at radius 1 is 1.17 bits per heavy atom. The van der Waals surface area contributed by atoms with E-state index in [1.807, 2.05) is 18.2 Å². The van der Waals surface area contributed by atoms with Crippen LogP contribution in [-0.2, 0) is 16.0 Å². The van der Waals surface area contributed by atoms with Crippen molar-refractivity contribution < 1.29 is 9.53 Å². The first-order valence-electron chi connectivity index (χ1n) is 10.4. The molecular formula is C22H24N4O2S. The number of nitrogens with zero attached hydrogens (tertiary/aromatic N) is 3. The van der Waals surface area contributed by atoms with E-state index < -0.39 is 0 Å². The first-order valence-corrected chi connectivity index (χ1v) is 11.3. The summed E-state index contributed by atoms with van der Waals surface area (Å²) in [5.41, 5.74) is 2.58. The predicted molar refractivity (Wildman–Crippen MR) is 114 cm³/mol. The lowest BCUT2D eigenvalue weighted by molar-refractivity contribution is -0.127. The third-order valence-corrected chi connectivity index (χ3v) is 6.63. The van der Waals surface area contributed by atoms with Gasteiger partial charge in [0.25, 0.3) is 0 Å². The molecule has 0 radical (unpaired) electrons. The van der Waals surface area contributed by atoms with E-state index in [1.54, 1.807) is 17.5 Å². The molecule has 7 heteroatoms. The topological polar surface area (TPSA) is 77.0 Å². The molecule has 4 heterocycles. The molecule has 150 valence electrons. The van der Waals surface area contributed by atoms with Crippen LogP contribution in [0.4, 0.5) is 5.82 Å². The molecule has 29 heavy (non-hydrogen) atoms. The highest BCUT2D eigenvalue weighted by Crippen LogP contribution is 2.31. The van der Waals surface area contributed by atoms with Crippen molar-refractivity contribution in [2.75, 3.05) is 11.9 Å². The second-order valence-electron chi connectivity index (χ2n) is 7.84. The quantitative estimate of drug-likeness (QED) is 0.651. The number of carbonyl (C=O) groups is 1. The molecule has 5 rings (SSSR count). The van der Waals surface area contributed by atoms with Crippen molar-refractivity contribution in [1.82, 2.24) is 15.0 Å². The van der Waals surface area contributed by atoms with Gasteiger partial charge >= 0.3 is 0 Å². The molecule has 3 aromatic rings. The van der Waals surface area contributed by atoms with Gasteiger partial charge in [-0.1, -0.05) is 12.8 Å². The highest BCUT2D eigenvalue weighted by molar-refractivity contribution is 7.17. The summed E-state index contributed by atoms with van der Waals surface area (Å²) in [5, 5.41) is 5.69. The van der Waals surface area contributed by atoms with E-state index >= 15 is 0 Å². The minimum atomic E-state index is -0.277. The first kappa shape index (κ1) is 18.6. The second-order valence-corrected chi connectivity index (χ2v) is 8.75. The summed E-state index contributed by atoms with van der Waals surface area (Å²) in [4.78, 5) is 26.4. The Morgan fingerprint density at radius 2 is 2.07 bits per heavy atom. The van der Waals surface area contributed by atoms with Gasteiger partial charge in [-0.2, -0.15) is 0 Å². The fraction of sp³-hybridized carbons (Fsp3) is 0.455. The van der Waals surface area contributed by atoms with Gasteiger partial charge in [-0.3, -0.25) is 9.78 Å². The van der Waals surface area contributed by atoms with Gasteiger partial charge in [-0.05, 0) is 49.3 Å². The molecule has 3 aromatic heterocycles. The summed E-state index contributed by atoms with van der Waals surface area (Å²) in [5.74, 6) is 1.69. The number of anilines is 1. The van der Waals surface area contributed by atoms with E-state index in [9.17, 15) is 4.79 Å². The molecule has 0 aromatic carbocycles. The number of hydrogen-bond acceptors (Lipinski definition) is 7. The first-order chi connectivity index (χ1) is 14.3. The third kappa shape index (κ3) is 4.02. The fourth-order valence-corrected chi connectivity index (χ4v) is 4.98. The number of thiophene rings is 1. The lowest BCUT2D eigenvalue weighted by Crippen LogP contribution is -2.21. The van der Waals surface area contributed by atoms with Crippen LogP contribution < -0.4 is 5.32 Å². The number of ketones is 1. The SMILES string of the molecule is O=C(Cc1cc(-c2nc(NC3CCCC3)c3sccc3n2)ccn1)[C@@H]1CCCO1.